The largest absolute Gasteiger partial charge is 0.412 e. The summed E-state index contributed by atoms with van der Waals surface area (Å²) in [4.78, 5) is 13.9. The van der Waals surface area contributed by atoms with Crippen molar-refractivity contribution in [2.24, 2.45) is 5.92 Å². The van der Waals surface area contributed by atoms with Crippen molar-refractivity contribution < 1.29 is 14.5 Å². The number of hydrogen-bond donors (Lipinski definition) is 1. The molecule has 1 atom stereocenters. The molecule has 2 aromatic carbocycles. The van der Waals surface area contributed by atoms with Crippen molar-refractivity contribution in [3.8, 4) is 11.1 Å². The van der Waals surface area contributed by atoms with Gasteiger partial charge in [0.15, 0.2) is 0 Å². The van der Waals surface area contributed by atoms with Gasteiger partial charge in [-0.2, -0.15) is 0 Å². The lowest BCUT2D eigenvalue weighted by atomic mass is 9.88. The quantitative estimate of drug-likeness (QED) is 0.711. The molecule has 1 amide bonds. The summed E-state index contributed by atoms with van der Waals surface area (Å²) in [7, 11) is 0.726. The summed E-state index contributed by atoms with van der Waals surface area (Å²) in [6.07, 6.45) is 10.5. The van der Waals surface area contributed by atoms with Crippen LogP contribution in [0.3, 0.4) is 0 Å². The van der Waals surface area contributed by atoms with Crippen molar-refractivity contribution in [1.29, 1.82) is 0 Å². The molecule has 0 radical (unpaired) electrons. The average molecular weight is 445 g/mol. The van der Waals surface area contributed by atoms with Gasteiger partial charge in [-0.05, 0) is 53.3 Å². The van der Waals surface area contributed by atoms with E-state index in [1.165, 1.54) is 38.5 Å². The molecule has 6 heteroatoms. The summed E-state index contributed by atoms with van der Waals surface area (Å²) in [5.41, 5.74) is 5.84. The summed E-state index contributed by atoms with van der Waals surface area (Å²) in [5.74, 6) is 1.18. The number of fused-ring (bicyclic) bond motifs is 1. The van der Waals surface area contributed by atoms with Crippen LogP contribution in [0.15, 0.2) is 36.4 Å². The molecule has 1 aliphatic heterocycles. The third-order valence-corrected chi connectivity index (χ3v) is 6.67. The zero-order valence-electron chi connectivity index (χ0n) is 19.2. The number of nitrogens with one attached hydrogen (secondary N) is 1. The highest BCUT2D eigenvalue weighted by Crippen LogP contribution is 2.31. The Morgan fingerprint density at radius 3 is 2.42 bits per heavy atom. The minimum absolute atomic E-state index is 0. The Labute approximate surface area is 189 Å². The Bertz CT molecular complexity index is 923. The molecule has 5 nitrogen and oxygen atoms in total. The second-order valence-corrected chi connectivity index (χ2v) is 9.65. The lowest BCUT2D eigenvalue weighted by Gasteiger charge is -2.18. The summed E-state index contributed by atoms with van der Waals surface area (Å²) in [6, 6.07) is 11.9. The van der Waals surface area contributed by atoms with Gasteiger partial charge >= 0.3 is 0 Å². The Morgan fingerprint density at radius 2 is 1.81 bits per heavy atom. The van der Waals surface area contributed by atoms with Crippen LogP contribution in [-0.4, -0.2) is 33.8 Å². The molecule has 1 aliphatic carbocycles. The minimum atomic E-state index is -1.10. The van der Waals surface area contributed by atoms with Crippen LogP contribution in [0.25, 0.3) is 11.1 Å². The lowest BCUT2D eigenvalue weighted by molar-refractivity contribution is 0.0816. The first kappa shape index (κ1) is 25.1. The molecule has 1 unspecified atom stereocenters. The predicted octanol–water partition coefficient (Wildman–Crippen LogP) is 5.11. The van der Waals surface area contributed by atoms with E-state index in [1.54, 1.807) is 11.2 Å². The van der Waals surface area contributed by atoms with Gasteiger partial charge in [0.25, 0.3) is 5.91 Å². The molecule has 1 heterocycles. The highest BCUT2D eigenvalue weighted by Gasteiger charge is 2.26. The topological polar surface area (TPSA) is 80.9 Å². The molecule has 170 valence electrons. The van der Waals surface area contributed by atoms with Crippen LogP contribution in [0, 0.1) is 12.8 Å². The van der Waals surface area contributed by atoms with E-state index in [2.05, 4.69) is 17.7 Å². The second-order valence-electron chi connectivity index (χ2n) is 8.54. The molecule has 4 rings (SSSR count). The molecular weight excluding hydrogens is 408 g/mol. The average Bonchev–Trinajstić information content (AvgIpc) is 3.03. The van der Waals surface area contributed by atoms with E-state index in [9.17, 15) is 9.00 Å². The van der Waals surface area contributed by atoms with Crippen LogP contribution in [0.2, 0.25) is 0 Å². The third-order valence-electron chi connectivity index (χ3n) is 6.14. The fourth-order valence-corrected chi connectivity index (χ4v) is 4.96. The molecule has 3 N–H and O–H groups in total. The summed E-state index contributed by atoms with van der Waals surface area (Å²) in [5, 5.41) is 0. The predicted molar refractivity (Wildman–Crippen MR) is 131 cm³/mol. The van der Waals surface area contributed by atoms with Gasteiger partial charge in [0.05, 0.1) is 0 Å². The Balaban J connectivity index is 0.000000322. The maximum Gasteiger partial charge on any atom is 0.254 e. The van der Waals surface area contributed by atoms with Crippen LogP contribution in [0.1, 0.15) is 66.9 Å². The van der Waals surface area contributed by atoms with Gasteiger partial charge in [-0.1, -0.05) is 63.6 Å². The number of anilines is 1. The minimum Gasteiger partial charge on any atom is -0.412 e. The van der Waals surface area contributed by atoms with E-state index >= 15 is 0 Å². The Hall–Kier alpha value is -2.18. The number of aryl methyl sites for hydroxylation is 1. The van der Waals surface area contributed by atoms with Crippen molar-refractivity contribution in [1.82, 2.24) is 4.90 Å². The highest BCUT2D eigenvalue weighted by atomic mass is 32.2. The van der Waals surface area contributed by atoms with Crippen LogP contribution in [-0.2, 0) is 17.5 Å². The first-order valence-electron chi connectivity index (χ1n) is 11.0. The van der Waals surface area contributed by atoms with Gasteiger partial charge in [-0.3, -0.25) is 4.79 Å². The van der Waals surface area contributed by atoms with E-state index in [1.807, 2.05) is 44.3 Å². The van der Waals surface area contributed by atoms with Gasteiger partial charge in [-0.15, -0.1) is 0 Å². The fourth-order valence-electron chi connectivity index (χ4n) is 4.50. The van der Waals surface area contributed by atoms with Gasteiger partial charge < -0.3 is 15.1 Å². The zero-order valence-corrected chi connectivity index (χ0v) is 20.0. The highest BCUT2D eigenvalue weighted by molar-refractivity contribution is 7.85. The Kier molecular flexibility index (Phi) is 9.26. The molecule has 31 heavy (non-hydrogen) atoms. The zero-order chi connectivity index (χ0) is 21.7. The first-order chi connectivity index (χ1) is 14.4. The first-order valence-corrected chi connectivity index (χ1v) is 12.5. The standard InChI is InChI=1S/C17H18N2O2S.C8H16.H2O/c1-11-7-13(8-14-10-19(2)17(20)16(11)14)12-5-4-6-15(9-12)18-22(3)21;1-2-8-6-4-3-5-7-8;/h4-9,18H,10H2,1-3H3;8H,2-7H2,1H3;1H2. The number of nitrogens with zero attached hydrogens (tertiary/aromatic N) is 1. The van der Waals surface area contributed by atoms with E-state index in [-0.39, 0.29) is 11.4 Å². The summed E-state index contributed by atoms with van der Waals surface area (Å²) < 4.78 is 14.2. The fraction of sp³-hybridized carbons (Fsp3) is 0.480. The number of hydrogen-bond acceptors (Lipinski definition) is 2. The SMILES string of the molecule is CCC1CCCCC1.Cc1cc(-c2cccc(NS(C)=O)c2)cc2c1C(=O)N(C)C2.O. The second kappa shape index (κ2) is 11.4. The molecule has 1 saturated carbocycles. The number of rotatable bonds is 4. The summed E-state index contributed by atoms with van der Waals surface area (Å²) in [6.45, 7) is 4.94. The lowest BCUT2D eigenvalue weighted by Crippen LogP contribution is -2.17. The van der Waals surface area contributed by atoms with Crippen molar-refractivity contribution in [2.45, 2.75) is 58.9 Å². The molecule has 0 aromatic heterocycles. The molecule has 0 bridgehead atoms. The maximum absolute atomic E-state index is 12.1. The molecular formula is C25H36N2O3S. The number of benzene rings is 2. The number of amides is 1. The van der Waals surface area contributed by atoms with Gasteiger partial charge in [0.1, 0.15) is 11.0 Å². The van der Waals surface area contributed by atoms with Crippen LogP contribution in [0.5, 0.6) is 0 Å². The third kappa shape index (κ3) is 6.40. The monoisotopic (exact) mass is 444 g/mol. The number of carbonyl (C=O) groups is 1. The van der Waals surface area contributed by atoms with Gasteiger partial charge in [0, 0.05) is 31.1 Å². The molecule has 1 fully saturated rings. The number of carbonyl (C=O) groups excluding carboxylic acids is 1. The van der Waals surface area contributed by atoms with Gasteiger partial charge in [0.2, 0.25) is 0 Å². The van der Waals surface area contributed by atoms with Crippen molar-refractivity contribution in [2.75, 3.05) is 18.0 Å². The van der Waals surface area contributed by atoms with E-state index < -0.39 is 11.0 Å². The van der Waals surface area contributed by atoms with Crippen LogP contribution in [0.4, 0.5) is 5.69 Å². The molecule has 0 saturated heterocycles. The van der Waals surface area contributed by atoms with Crippen LogP contribution < -0.4 is 4.72 Å². The normalized spacial score (nSPS) is 16.6. The Morgan fingerprint density at radius 1 is 1.10 bits per heavy atom. The van der Waals surface area contributed by atoms with Crippen molar-refractivity contribution in [3.63, 3.8) is 0 Å². The molecule has 2 aromatic rings. The summed E-state index contributed by atoms with van der Waals surface area (Å²) >= 11 is 0. The van der Waals surface area contributed by atoms with E-state index in [4.69, 9.17) is 0 Å². The van der Waals surface area contributed by atoms with Gasteiger partial charge in [-0.25, -0.2) is 4.21 Å². The van der Waals surface area contributed by atoms with Crippen LogP contribution >= 0.6 is 0 Å². The smallest absolute Gasteiger partial charge is 0.254 e. The maximum atomic E-state index is 12.1. The molecule has 0 spiro atoms. The van der Waals surface area contributed by atoms with E-state index in [0.717, 1.165) is 39.4 Å². The van der Waals surface area contributed by atoms with Crippen molar-refractivity contribution in [3.05, 3.63) is 53.1 Å². The van der Waals surface area contributed by atoms with Crippen molar-refractivity contribution >= 4 is 22.6 Å². The van der Waals surface area contributed by atoms with E-state index in [0.29, 0.717) is 6.54 Å². The molecule has 2 aliphatic rings.